The van der Waals surface area contributed by atoms with E-state index >= 15 is 0 Å². The number of aromatic nitrogens is 2. The van der Waals surface area contributed by atoms with Crippen LogP contribution in [-0.2, 0) is 0 Å². The Hall–Kier alpha value is -0.585. The van der Waals surface area contributed by atoms with E-state index in [2.05, 4.69) is 30.7 Å². The first-order valence-corrected chi connectivity index (χ1v) is 5.07. The molecule has 2 N–H and O–H groups in total. The number of hydrogen-bond donors (Lipinski definition) is 2. The lowest BCUT2D eigenvalue weighted by Crippen LogP contribution is -2.30. The molecule has 0 fully saturated rings. The van der Waals surface area contributed by atoms with Crippen molar-refractivity contribution >= 4 is 24.3 Å². The van der Waals surface area contributed by atoms with Crippen molar-refractivity contribution in [2.75, 3.05) is 0 Å². The molecule has 1 heterocycles. The van der Waals surface area contributed by atoms with Crippen LogP contribution in [-0.4, -0.2) is 31.9 Å². The molecule has 76 valence electrons. The third-order valence-corrected chi connectivity index (χ3v) is 2.35. The summed E-state index contributed by atoms with van der Waals surface area (Å²) in [4.78, 5) is 8.03. The van der Waals surface area contributed by atoms with Gasteiger partial charge >= 0.3 is 7.12 Å². The Labute approximate surface area is 87.9 Å². The molecule has 0 radical (unpaired) electrons. The molecule has 1 aromatic rings. The van der Waals surface area contributed by atoms with Gasteiger partial charge in [-0.25, -0.2) is 9.97 Å². The maximum atomic E-state index is 8.82. The molecule has 0 aliphatic carbocycles. The fourth-order valence-electron chi connectivity index (χ4n) is 0.786. The third-order valence-electron chi connectivity index (χ3n) is 1.34. The fraction of sp³-hybridized carbons (Fsp3) is 0.500. The molecule has 6 heteroatoms. The van der Waals surface area contributed by atoms with Crippen molar-refractivity contribution < 1.29 is 10.0 Å². The Morgan fingerprint density at radius 3 is 2.07 bits per heavy atom. The van der Waals surface area contributed by atoms with E-state index in [4.69, 9.17) is 10.0 Å². The molecular formula is C8H13BN2O2S. The van der Waals surface area contributed by atoms with Gasteiger partial charge in [0.1, 0.15) is 0 Å². The van der Waals surface area contributed by atoms with Crippen LogP contribution < -0.4 is 5.46 Å². The minimum atomic E-state index is -1.50. The zero-order valence-corrected chi connectivity index (χ0v) is 9.25. The average molecular weight is 212 g/mol. The van der Waals surface area contributed by atoms with E-state index < -0.39 is 7.12 Å². The summed E-state index contributed by atoms with van der Waals surface area (Å²) in [6, 6.07) is 0. The molecule has 0 aromatic carbocycles. The lowest BCUT2D eigenvalue weighted by Gasteiger charge is -2.15. The molecule has 14 heavy (non-hydrogen) atoms. The average Bonchev–Trinajstić information content (AvgIpc) is 2.02. The van der Waals surface area contributed by atoms with Crippen molar-refractivity contribution in [2.24, 2.45) is 0 Å². The van der Waals surface area contributed by atoms with Crippen LogP contribution in [0.1, 0.15) is 20.8 Å². The van der Waals surface area contributed by atoms with Crippen molar-refractivity contribution in [1.29, 1.82) is 0 Å². The summed E-state index contributed by atoms with van der Waals surface area (Å²) in [7, 11) is -1.50. The SMILES string of the molecule is CC(C)(C)Sc1ncc(B(O)O)cn1. The second-order valence-electron chi connectivity index (χ2n) is 3.89. The zero-order chi connectivity index (χ0) is 10.8. The molecule has 0 saturated heterocycles. The summed E-state index contributed by atoms with van der Waals surface area (Å²) in [6.45, 7) is 6.20. The van der Waals surface area contributed by atoms with Crippen LogP contribution in [0.25, 0.3) is 0 Å². The van der Waals surface area contributed by atoms with Gasteiger partial charge in [0, 0.05) is 22.6 Å². The molecule has 0 spiro atoms. The highest BCUT2D eigenvalue weighted by Gasteiger charge is 2.16. The van der Waals surface area contributed by atoms with Crippen LogP contribution in [0.4, 0.5) is 0 Å². The first-order valence-electron chi connectivity index (χ1n) is 4.25. The minimum Gasteiger partial charge on any atom is -0.423 e. The third kappa shape index (κ3) is 3.65. The molecule has 0 atom stereocenters. The molecule has 0 aliphatic heterocycles. The molecule has 0 bridgehead atoms. The largest absolute Gasteiger partial charge is 0.491 e. The van der Waals surface area contributed by atoms with Gasteiger partial charge in [0.25, 0.3) is 0 Å². The lowest BCUT2D eigenvalue weighted by atomic mass is 9.83. The van der Waals surface area contributed by atoms with Crippen molar-refractivity contribution in [3.63, 3.8) is 0 Å². The lowest BCUT2D eigenvalue weighted by molar-refractivity contribution is 0.425. The quantitative estimate of drug-likeness (QED) is 0.412. The van der Waals surface area contributed by atoms with Gasteiger partial charge in [0.05, 0.1) is 0 Å². The van der Waals surface area contributed by atoms with Gasteiger partial charge in [-0.2, -0.15) is 0 Å². The Morgan fingerprint density at radius 2 is 1.71 bits per heavy atom. The summed E-state index contributed by atoms with van der Waals surface area (Å²) in [5.74, 6) is 0. The maximum absolute atomic E-state index is 8.82. The summed E-state index contributed by atoms with van der Waals surface area (Å²) >= 11 is 1.54. The van der Waals surface area contributed by atoms with Crippen LogP contribution in [0.2, 0.25) is 0 Å². The Morgan fingerprint density at radius 1 is 1.21 bits per heavy atom. The number of nitrogens with zero attached hydrogens (tertiary/aromatic N) is 2. The summed E-state index contributed by atoms with van der Waals surface area (Å²) < 4.78 is 0.0549. The standard InChI is InChI=1S/C8H13BN2O2S/c1-8(2,3)14-7-10-4-6(5-11-7)9(12)13/h4-5,12-13H,1-3H3. The van der Waals surface area contributed by atoms with E-state index in [1.807, 2.05) is 0 Å². The van der Waals surface area contributed by atoms with Gasteiger partial charge in [0.2, 0.25) is 0 Å². The summed E-state index contributed by atoms with van der Waals surface area (Å²) in [5.41, 5.74) is 0.309. The van der Waals surface area contributed by atoms with Crippen LogP contribution in [0.15, 0.2) is 17.6 Å². The van der Waals surface area contributed by atoms with E-state index in [0.29, 0.717) is 10.6 Å². The molecule has 1 rings (SSSR count). The minimum absolute atomic E-state index is 0.0549. The van der Waals surface area contributed by atoms with E-state index in [1.54, 1.807) is 0 Å². The van der Waals surface area contributed by atoms with E-state index in [9.17, 15) is 0 Å². The fourth-order valence-corrected chi connectivity index (χ4v) is 1.54. The first kappa shape index (κ1) is 11.5. The van der Waals surface area contributed by atoms with E-state index in [0.717, 1.165) is 0 Å². The van der Waals surface area contributed by atoms with Gasteiger partial charge in [-0.15, -0.1) is 0 Å². The Bertz CT molecular complexity index is 297. The normalized spacial score (nSPS) is 11.5. The van der Waals surface area contributed by atoms with Crippen molar-refractivity contribution in [1.82, 2.24) is 9.97 Å². The highest BCUT2D eigenvalue weighted by molar-refractivity contribution is 8.00. The smallest absolute Gasteiger partial charge is 0.423 e. The van der Waals surface area contributed by atoms with Gasteiger partial charge in [-0.1, -0.05) is 32.5 Å². The molecule has 0 unspecified atom stereocenters. The van der Waals surface area contributed by atoms with E-state index in [-0.39, 0.29) is 4.75 Å². The monoisotopic (exact) mass is 212 g/mol. The number of hydrogen-bond acceptors (Lipinski definition) is 5. The summed E-state index contributed by atoms with van der Waals surface area (Å²) in [5, 5.41) is 18.3. The Kier molecular flexibility index (Phi) is 3.52. The predicted octanol–water partition coefficient (Wildman–Crippen LogP) is 0.0470. The van der Waals surface area contributed by atoms with Gasteiger partial charge < -0.3 is 10.0 Å². The Balaban J connectivity index is 2.74. The van der Waals surface area contributed by atoms with Crippen molar-refractivity contribution in [2.45, 2.75) is 30.7 Å². The molecule has 0 amide bonds. The van der Waals surface area contributed by atoms with Crippen LogP contribution >= 0.6 is 11.8 Å². The topological polar surface area (TPSA) is 66.2 Å². The van der Waals surface area contributed by atoms with Crippen molar-refractivity contribution in [3.05, 3.63) is 12.4 Å². The second-order valence-corrected chi connectivity index (χ2v) is 5.68. The second kappa shape index (κ2) is 4.29. The number of thioether (sulfide) groups is 1. The molecular weight excluding hydrogens is 199 g/mol. The number of rotatable bonds is 2. The van der Waals surface area contributed by atoms with Crippen LogP contribution in [0, 0.1) is 0 Å². The van der Waals surface area contributed by atoms with Crippen LogP contribution in [0.3, 0.4) is 0 Å². The van der Waals surface area contributed by atoms with Gasteiger partial charge in [0.15, 0.2) is 5.16 Å². The predicted molar refractivity (Wildman–Crippen MR) is 57.5 cm³/mol. The molecule has 0 saturated carbocycles. The highest BCUT2D eigenvalue weighted by atomic mass is 32.2. The van der Waals surface area contributed by atoms with Crippen LogP contribution in [0.5, 0.6) is 0 Å². The zero-order valence-electron chi connectivity index (χ0n) is 8.43. The van der Waals surface area contributed by atoms with Gasteiger partial charge in [-0.05, 0) is 0 Å². The molecule has 1 aromatic heterocycles. The van der Waals surface area contributed by atoms with Crippen molar-refractivity contribution in [3.8, 4) is 0 Å². The highest BCUT2D eigenvalue weighted by Crippen LogP contribution is 2.28. The summed E-state index contributed by atoms with van der Waals surface area (Å²) in [6.07, 6.45) is 2.84. The maximum Gasteiger partial charge on any atom is 0.491 e. The molecule has 0 aliphatic rings. The molecule has 4 nitrogen and oxygen atoms in total. The van der Waals surface area contributed by atoms with Gasteiger partial charge in [-0.3, -0.25) is 0 Å². The van der Waals surface area contributed by atoms with E-state index in [1.165, 1.54) is 24.2 Å². The first-order chi connectivity index (χ1) is 6.38.